The lowest BCUT2D eigenvalue weighted by Crippen LogP contribution is -2.48. The molecule has 1 aromatic carbocycles. The normalized spacial score (nSPS) is 14.0. The Morgan fingerprint density at radius 3 is 2.34 bits per heavy atom. The molecule has 1 aliphatic rings. The van der Waals surface area contributed by atoms with E-state index in [4.69, 9.17) is 35.9 Å². The number of anilines is 2. The van der Waals surface area contributed by atoms with Crippen molar-refractivity contribution >= 4 is 64.2 Å². The van der Waals surface area contributed by atoms with Crippen molar-refractivity contribution in [3.63, 3.8) is 0 Å². The standard InChI is InChI=1S/C40H60N10O10S/c1-3-4-5-11-44-37-35-29(46-40(42)47-37)8-13-50(35)26-28-7-6-27(23-30(28)58-2)25-48-14-16-49(17-15-48)33(53)9-18-59-20-21-60-19-12-43-32(52)24-45-31(51)10-22-61-36(39(56)57)34(41)38(54)55/h6-8,13,23,34,36H,3-5,9-12,14-22,24-26,41H2,1-2H3,(H,43,52)(H,45,51)(H,54,55)(H,56,57)(H3,42,44,46,47)/t34-,36?/m0/s1. The van der Waals surface area contributed by atoms with Gasteiger partial charge in [0, 0.05) is 69.7 Å². The van der Waals surface area contributed by atoms with Crippen LogP contribution in [-0.2, 0) is 46.5 Å². The molecule has 1 fully saturated rings. The van der Waals surface area contributed by atoms with Gasteiger partial charge in [0.2, 0.25) is 23.7 Å². The molecule has 0 spiro atoms. The van der Waals surface area contributed by atoms with E-state index in [1.165, 1.54) is 0 Å². The number of nitrogen functional groups attached to an aromatic ring is 1. The maximum Gasteiger partial charge on any atom is 0.322 e. The molecule has 3 aromatic rings. The van der Waals surface area contributed by atoms with E-state index < -0.39 is 35.0 Å². The summed E-state index contributed by atoms with van der Waals surface area (Å²) in [6.07, 6.45) is 5.46. The second-order valence-electron chi connectivity index (χ2n) is 14.4. The molecule has 336 valence electrons. The quantitative estimate of drug-likeness (QED) is 0.0501. The van der Waals surface area contributed by atoms with Gasteiger partial charge < -0.3 is 61.3 Å². The number of hydrogen-bond acceptors (Lipinski definition) is 15. The van der Waals surface area contributed by atoms with Crippen LogP contribution in [0.3, 0.4) is 0 Å². The van der Waals surface area contributed by atoms with Crippen molar-refractivity contribution in [2.45, 2.75) is 63.4 Å². The number of aromatic nitrogens is 3. The Morgan fingerprint density at radius 1 is 0.885 bits per heavy atom. The predicted octanol–water partition coefficient (Wildman–Crippen LogP) is 0.961. The number of thioether (sulfide) groups is 1. The van der Waals surface area contributed by atoms with Crippen molar-refractivity contribution in [1.29, 1.82) is 0 Å². The van der Waals surface area contributed by atoms with Gasteiger partial charge in [-0.25, -0.2) is 4.98 Å². The van der Waals surface area contributed by atoms with E-state index in [0.717, 1.165) is 90.9 Å². The molecule has 0 saturated carbocycles. The number of hydrogen-bond donors (Lipinski definition) is 7. The number of carboxylic acid groups (broad SMARTS) is 2. The molecule has 0 bridgehead atoms. The smallest absolute Gasteiger partial charge is 0.322 e. The predicted molar refractivity (Wildman–Crippen MR) is 230 cm³/mol. The van der Waals surface area contributed by atoms with Crippen LogP contribution in [0.4, 0.5) is 11.8 Å². The highest BCUT2D eigenvalue weighted by Crippen LogP contribution is 2.28. The summed E-state index contributed by atoms with van der Waals surface area (Å²) in [6.45, 7) is 8.02. The number of nitrogens with zero attached hydrogens (tertiary/aromatic N) is 5. The molecule has 2 aromatic heterocycles. The Hall–Kier alpha value is -5.22. The van der Waals surface area contributed by atoms with Crippen LogP contribution in [-0.4, -0.2) is 161 Å². The molecule has 21 heteroatoms. The Labute approximate surface area is 359 Å². The minimum absolute atomic E-state index is 0.0166. The number of piperazine rings is 1. The van der Waals surface area contributed by atoms with Gasteiger partial charge in [0.25, 0.3) is 0 Å². The van der Waals surface area contributed by atoms with Crippen LogP contribution in [0.15, 0.2) is 30.5 Å². The lowest BCUT2D eigenvalue weighted by Gasteiger charge is -2.35. The number of benzene rings is 1. The average Bonchev–Trinajstić information content (AvgIpc) is 3.64. The molecular weight excluding hydrogens is 813 g/mol. The summed E-state index contributed by atoms with van der Waals surface area (Å²) in [5.41, 5.74) is 15.2. The number of carbonyl (C=O) groups excluding carboxylic acids is 3. The van der Waals surface area contributed by atoms with Gasteiger partial charge in [-0.3, -0.25) is 28.9 Å². The fraction of sp³-hybridized carbons (Fsp3) is 0.575. The maximum atomic E-state index is 12.8. The van der Waals surface area contributed by atoms with Gasteiger partial charge in [-0.05, 0) is 24.1 Å². The fourth-order valence-corrected chi connectivity index (χ4v) is 7.57. The molecule has 1 unspecified atom stereocenters. The maximum absolute atomic E-state index is 12.8. The van der Waals surface area contributed by atoms with Crippen molar-refractivity contribution in [2.24, 2.45) is 5.73 Å². The summed E-state index contributed by atoms with van der Waals surface area (Å²) in [5.74, 6) is -1.95. The van der Waals surface area contributed by atoms with Crippen molar-refractivity contribution in [3.05, 3.63) is 41.6 Å². The molecule has 4 rings (SSSR count). The first kappa shape index (κ1) is 48.4. The SMILES string of the molecule is CCCCCNc1nc(N)nc2ccn(Cc3ccc(CN4CCN(C(=O)CCOCCOCCNC(=O)CNC(=O)CCSC(C(=O)O)[C@H](N)C(=O)O)CC4)cc3OC)c12. The number of ether oxygens (including phenoxy) is 3. The monoisotopic (exact) mass is 872 g/mol. The number of fused-ring (bicyclic) bond motifs is 1. The summed E-state index contributed by atoms with van der Waals surface area (Å²) in [7, 11) is 1.68. The summed E-state index contributed by atoms with van der Waals surface area (Å²) in [5, 5.41) is 25.1. The van der Waals surface area contributed by atoms with Crippen molar-refractivity contribution < 1.29 is 48.4 Å². The molecule has 2 atom stereocenters. The molecule has 0 aliphatic carbocycles. The fourth-order valence-electron chi connectivity index (χ4n) is 6.55. The third-order valence-electron chi connectivity index (χ3n) is 9.85. The van der Waals surface area contributed by atoms with Crippen molar-refractivity contribution in [2.75, 3.05) is 96.2 Å². The minimum atomic E-state index is -1.61. The highest BCUT2D eigenvalue weighted by atomic mass is 32.2. The van der Waals surface area contributed by atoms with Crippen molar-refractivity contribution in [3.8, 4) is 5.75 Å². The zero-order valence-corrected chi connectivity index (χ0v) is 35.8. The van der Waals surface area contributed by atoms with Gasteiger partial charge >= 0.3 is 11.9 Å². The number of rotatable bonds is 28. The van der Waals surface area contributed by atoms with E-state index in [1.54, 1.807) is 7.11 Å². The van der Waals surface area contributed by atoms with E-state index in [9.17, 15) is 24.0 Å². The van der Waals surface area contributed by atoms with E-state index in [1.807, 2.05) is 17.2 Å². The second-order valence-corrected chi connectivity index (χ2v) is 15.6. The molecule has 9 N–H and O–H groups in total. The molecule has 3 heterocycles. The van der Waals surface area contributed by atoms with Crippen molar-refractivity contribution in [1.82, 2.24) is 35.0 Å². The van der Waals surface area contributed by atoms with Crippen LogP contribution in [0.1, 0.15) is 50.2 Å². The van der Waals surface area contributed by atoms with Gasteiger partial charge in [0.05, 0.1) is 58.6 Å². The second kappa shape index (κ2) is 25.5. The highest BCUT2D eigenvalue weighted by Gasteiger charge is 2.31. The molecule has 61 heavy (non-hydrogen) atoms. The Bertz CT molecular complexity index is 1910. The van der Waals surface area contributed by atoms with Gasteiger partial charge in [0.1, 0.15) is 22.6 Å². The summed E-state index contributed by atoms with van der Waals surface area (Å²) < 4.78 is 19.0. The number of carboxylic acids is 2. The highest BCUT2D eigenvalue weighted by molar-refractivity contribution is 8.00. The third-order valence-corrected chi connectivity index (χ3v) is 11.1. The number of methoxy groups -OCH3 is 1. The zero-order chi connectivity index (χ0) is 44.1. The number of carbonyl (C=O) groups is 5. The molecule has 1 aliphatic heterocycles. The topological polar surface area (TPSA) is 279 Å². The van der Waals surface area contributed by atoms with Gasteiger partial charge in [-0.1, -0.05) is 31.9 Å². The van der Waals surface area contributed by atoms with E-state index in [2.05, 4.69) is 60.5 Å². The number of unbranched alkanes of at least 4 members (excludes halogenated alkanes) is 2. The minimum Gasteiger partial charge on any atom is -0.496 e. The number of nitrogens with two attached hydrogens (primary N) is 2. The third kappa shape index (κ3) is 16.0. The zero-order valence-electron chi connectivity index (χ0n) is 34.9. The lowest BCUT2D eigenvalue weighted by atomic mass is 10.1. The molecule has 1 saturated heterocycles. The number of aliphatic carboxylic acids is 2. The average molecular weight is 873 g/mol. The van der Waals surface area contributed by atoms with Crippen LogP contribution in [0.5, 0.6) is 5.75 Å². The Balaban J connectivity index is 1.06. The van der Waals surface area contributed by atoms with Crippen LogP contribution in [0.2, 0.25) is 0 Å². The van der Waals surface area contributed by atoms with Gasteiger partial charge in [0.15, 0.2) is 5.82 Å². The summed E-state index contributed by atoms with van der Waals surface area (Å²) in [4.78, 5) is 72.1. The molecule has 3 amide bonds. The molecular formula is C40H60N10O10S. The van der Waals surface area contributed by atoms with Gasteiger partial charge in [-0.2, -0.15) is 4.98 Å². The summed E-state index contributed by atoms with van der Waals surface area (Å²) >= 11 is 0.744. The molecule has 20 nitrogen and oxygen atoms in total. The summed E-state index contributed by atoms with van der Waals surface area (Å²) in [6, 6.07) is 6.64. The number of amides is 3. The van der Waals surface area contributed by atoms with Crippen LogP contribution >= 0.6 is 11.8 Å². The van der Waals surface area contributed by atoms with Crippen LogP contribution in [0, 0.1) is 0 Å². The Kier molecular flexibility index (Phi) is 20.3. The van der Waals surface area contributed by atoms with E-state index in [0.29, 0.717) is 19.6 Å². The first-order valence-corrected chi connectivity index (χ1v) is 21.5. The Morgan fingerprint density at radius 2 is 1.64 bits per heavy atom. The van der Waals surface area contributed by atoms with Crippen LogP contribution in [0.25, 0.3) is 11.0 Å². The molecule has 0 radical (unpaired) electrons. The first-order chi connectivity index (χ1) is 29.4. The van der Waals surface area contributed by atoms with E-state index >= 15 is 0 Å². The van der Waals surface area contributed by atoms with Crippen LogP contribution < -0.4 is 32.2 Å². The first-order valence-electron chi connectivity index (χ1n) is 20.4. The lowest BCUT2D eigenvalue weighted by molar-refractivity contribution is -0.144. The largest absolute Gasteiger partial charge is 0.496 e. The number of nitrogens with one attached hydrogen (secondary N) is 3. The van der Waals surface area contributed by atoms with Gasteiger partial charge in [-0.15, -0.1) is 11.8 Å². The van der Waals surface area contributed by atoms with E-state index in [-0.39, 0.29) is 70.0 Å².